The van der Waals surface area contributed by atoms with Crippen LogP contribution in [0.5, 0.6) is 0 Å². The molecule has 1 N–H and O–H groups in total. The number of piperidine rings is 1. The van der Waals surface area contributed by atoms with Gasteiger partial charge in [-0.15, -0.1) is 0 Å². The van der Waals surface area contributed by atoms with E-state index in [-0.39, 0.29) is 11.7 Å². The zero-order valence-electron chi connectivity index (χ0n) is 11.7. The molecule has 1 aliphatic rings. The molecular formula is C15H20FIN2O. The van der Waals surface area contributed by atoms with Crippen LogP contribution in [0, 0.1) is 15.3 Å². The highest BCUT2D eigenvalue weighted by atomic mass is 127. The second kappa shape index (κ2) is 7.36. The summed E-state index contributed by atoms with van der Waals surface area (Å²) in [6, 6.07) is 4.34. The van der Waals surface area contributed by atoms with Gasteiger partial charge in [-0.25, -0.2) is 4.39 Å². The summed E-state index contributed by atoms with van der Waals surface area (Å²) in [5.41, 5.74) is 0.595. The standard InChI is InChI=1S/C15H20FIN2O/c1-2-19(10-11-4-3-7-18-9-11)15(20)13-6-5-12(16)8-14(13)17/h5-6,8,11,18H,2-4,7,9-10H2,1H3. The molecule has 3 nitrogen and oxygen atoms in total. The van der Waals surface area contributed by atoms with E-state index in [0.29, 0.717) is 21.6 Å². The third-order valence-electron chi connectivity index (χ3n) is 3.71. The summed E-state index contributed by atoms with van der Waals surface area (Å²) in [5.74, 6) is 0.221. The van der Waals surface area contributed by atoms with Crippen molar-refractivity contribution in [3.05, 3.63) is 33.1 Å². The number of carbonyl (C=O) groups is 1. The number of hydrogen-bond acceptors (Lipinski definition) is 2. The first-order valence-corrected chi connectivity index (χ1v) is 8.14. The van der Waals surface area contributed by atoms with Crippen LogP contribution in [0.2, 0.25) is 0 Å². The van der Waals surface area contributed by atoms with Crippen LogP contribution in [0.3, 0.4) is 0 Å². The lowest BCUT2D eigenvalue weighted by atomic mass is 9.98. The Bertz CT molecular complexity index is 475. The van der Waals surface area contributed by atoms with E-state index in [9.17, 15) is 9.18 Å². The predicted molar refractivity (Wildman–Crippen MR) is 86.3 cm³/mol. The van der Waals surface area contributed by atoms with Crippen molar-refractivity contribution < 1.29 is 9.18 Å². The number of carbonyl (C=O) groups excluding carboxylic acids is 1. The van der Waals surface area contributed by atoms with E-state index in [1.165, 1.54) is 18.6 Å². The molecule has 1 unspecified atom stereocenters. The first-order chi connectivity index (χ1) is 9.61. The highest BCUT2D eigenvalue weighted by Gasteiger charge is 2.22. The number of amides is 1. The largest absolute Gasteiger partial charge is 0.339 e. The minimum Gasteiger partial charge on any atom is -0.339 e. The molecule has 20 heavy (non-hydrogen) atoms. The smallest absolute Gasteiger partial charge is 0.254 e. The van der Waals surface area contributed by atoms with Crippen LogP contribution in [0.25, 0.3) is 0 Å². The fourth-order valence-electron chi connectivity index (χ4n) is 2.58. The lowest BCUT2D eigenvalue weighted by Crippen LogP contribution is -2.41. The lowest BCUT2D eigenvalue weighted by molar-refractivity contribution is 0.0728. The average Bonchev–Trinajstić information content (AvgIpc) is 2.45. The van der Waals surface area contributed by atoms with Gasteiger partial charge in [0, 0.05) is 16.7 Å². The normalized spacial score (nSPS) is 18.9. The Morgan fingerprint density at radius 1 is 1.55 bits per heavy atom. The maximum Gasteiger partial charge on any atom is 0.254 e. The minimum atomic E-state index is -0.300. The van der Waals surface area contributed by atoms with Crippen molar-refractivity contribution in [3.63, 3.8) is 0 Å². The van der Waals surface area contributed by atoms with Gasteiger partial charge in [0.15, 0.2) is 0 Å². The Morgan fingerprint density at radius 2 is 2.35 bits per heavy atom. The summed E-state index contributed by atoms with van der Waals surface area (Å²) in [6.45, 7) is 5.50. The molecule has 110 valence electrons. The van der Waals surface area contributed by atoms with Crippen LogP contribution in [0.1, 0.15) is 30.1 Å². The number of nitrogens with one attached hydrogen (secondary N) is 1. The fraction of sp³-hybridized carbons (Fsp3) is 0.533. The quantitative estimate of drug-likeness (QED) is 0.803. The molecule has 1 amide bonds. The van der Waals surface area contributed by atoms with E-state index in [0.717, 1.165) is 26.1 Å². The number of benzene rings is 1. The van der Waals surface area contributed by atoms with Crippen molar-refractivity contribution in [1.82, 2.24) is 10.2 Å². The molecule has 2 rings (SSSR count). The average molecular weight is 390 g/mol. The zero-order valence-corrected chi connectivity index (χ0v) is 13.8. The van der Waals surface area contributed by atoms with E-state index in [2.05, 4.69) is 5.32 Å². The molecule has 1 heterocycles. The molecule has 0 spiro atoms. The summed E-state index contributed by atoms with van der Waals surface area (Å²) in [7, 11) is 0. The highest BCUT2D eigenvalue weighted by molar-refractivity contribution is 14.1. The van der Waals surface area contributed by atoms with Crippen molar-refractivity contribution in [2.75, 3.05) is 26.2 Å². The third-order valence-corrected chi connectivity index (χ3v) is 4.60. The van der Waals surface area contributed by atoms with E-state index < -0.39 is 0 Å². The van der Waals surface area contributed by atoms with Crippen molar-refractivity contribution in [1.29, 1.82) is 0 Å². The molecule has 5 heteroatoms. The van der Waals surface area contributed by atoms with E-state index in [1.807, 2.05) is 34.4 Å². The Balaban J connectivity index is 2.07. The molecule has 1 saturated heterocycles. The minimum absolute atomic E-state index is 0.00229. The molecule has 1 aromatic carbocycles. The third kappa shape index (κ3) is 3.91. The van der Waals surface area contributed by atoms with E-state index >= 15 is 0 Å². The lowest BCUT2D eigenvalue weighted by Gasteiger charge is -2.29. The van der Waals surface area contributed by atoms with Gasteiger partial charge >= 0.3 is 0 Å². The molecule has 0 aromatic heterocycles. The van der Waals surface area contributed by atoms with Crippen LogP contribution < -0.4 is 5.32 Å². The first-order valence-electron chi connectivity index (χ1n) is 7.07. The van der Waals surface area contributed by atoms with Gasteiger partial charge in [-0.3, -0.25) is 4.79 Å². The molecule has 1 aliphatic heterocycles. The molecule has 0 bridgehead atoms. The van der Waals surface area contributed by atoms with Crippen LogP contribution >= 0.6 is 22.6 Å². The Kier molecular flexibility index (Phi) is 5.77. The van der Waals surface area contributed by atoms with Crippen LogP contribution in [0.15, 0.2) is 18.2 Å². The van der Waals surface area contributed by atoms with Gasteiger partial charge in [-0.05, 0) is 79.6 Å². The van der Waals surface area contributed by atoms with Crippen molar-refractivity contribution in [3.8, 4) is 0 Å². The number of halogens is 2. The Labute approximate surface area is 133 Å². The van der Waals surface area contributed by atoms with Crippen LogP contribution in [0.4, 0.5) is 4.39 Å². The van der Waals surface area contributed by atoms with E-state index in [4.69, 9.17) is 0 Å². The van der Waals surface area contributed by atoms with Gasteiger partial charge in [0.1, 0.15) is 5.82 Å². The topological polar surface area (TPSA) is 32.3 Å². The second-order valence-corrected chi connectivity index (χ2v) is 6.34. The van der Waals surface area contributed by atoms with Gasteiger partial charge in [0.05, 0.1) is 5.56 Å². The molecule has 1 atom stereocenters. The Hall–Kier alpha value is -0.690. The van der Waals surface area contributed by atoms with Gasteiger partial charge in [0.25, 0.3) is 5.91 Å². The summed E-state index contributed by atoms with van der Waals surface area (Å²) >= 11 is 2.02. The zero-order chi connectivity index (χ0) is 14.5. The van der Waals surface area contributed by atoms with E-state index in [1.54, 1.807) is 6.07 Å². The van der Waals surface area contributed by atoms with Crippen LogP contribution in [-0.4, -0.2) is 37.0 Å². The first kappa shape index (κ1) is 15.7. The second-order valence-electron chi connectivity index (χ2n) is 5.18. The van der Waals surface area contributed by atoms with Gasteiger partial charge in [-0.2, -0.15) is 0 Å². The fourth-order valence-corrected chi connectivity index (χ4v) is 3.29. The van der Waals surface area contributed by atoms with Crippen molar-refractivity contribution >= 4 is 28.5 Å². The highest BCUT2D eigenvalue weighted by Crippen LogP contribution is 2.18. The Morgan fingerprint density at radius 3 is 2.95 bits per heavy atom. The van der Waals surface area contributed by atoms with Gasteiger partial charge < -0.3 is 10.2 Å². The molecular weight excluding hydrogens is 370 g/mol. The van der Waals surface area contributed by atoms with Crippen molar-refractivity contribution in [2.45, 2.75) is 19.8 Å². The number of rotatable bonds is 4. The molecule has 1 aromatic rings. The predicted octanol–water partition coefficient (Wildman–Crippen LogP) is 2.89. The summed E-state index contributed by atoms with van der Waals surface area (Å²) in [4.78, 5) is 14.4. The summed E-state index contributed by atoms with van der Waals surface area (Å²) in [6.07, 6.45) is 2.34. The number of nitrogens with zero attached hydrogens (tertiary/aromatic N) is 1. The molecule has 0 saturated carbocycles. The van der Waals surface area contributed by atoms with Gasteiger partial charge in [0.2, 0.25) is 0 Å². The molecule has 1 fully saturated rings. The molecule has 0 radical (unpaired) electrons. The maximum atomic E-state index is 13.1. The SMILES string of the molecule is CCN(CC1CCCNC1)C(=O)c1ccc(F)cc1I. The monoisotopic (exact) mass is 390 g/mol. The van der Waals surface area contributed by atoms with Crippen molar-refractivity contribution in [2.24, 2.45) is 5.92 Å². The maximum absolute atomic E-state index is 13.1. The van der Waals surface area contributed by atoms with Crippen LogP contribution in [-0.2, 0) is 0 Å². The summed E-state index contributed by atoms with van der Waals surface area (Å²) < 4.78 is 13.8. The summed E-state index contributed by atoms with van der Waals surface area (Å²) in [5, 5.41) is 3.37. The van der Waals surface area contributed by atoms with Gasteiger partial charge in [-0.1, -0.05) is 0 Å². The molecule has 0 aliphatic carbocycles. The number of hydrogen-bond donors (Lipinski definition) is 1.